The number of ether oxygens (including phenoxy) is 2. The summed E-state index contributed by atoms with van der Waals surface area (Å²) in [6.07, 6.45) is 1.49. The third kappa shape index (κ3) is 5.48. The van der Waals surface area contributed by atoms with Gasteiger partial charge in [-0.1, -0.05) is 11.6 Å². The number of hydrazone groups is 1. The third-order valence-corrected chi connectivity index (χ3v) is 5.61. The summed E-state index contributed by atoms with van der Waals surface area (Å²) >= 11 is 9.38. The molecule has 1 aromatic heterocycles. The Bertz CT molecular complexity index is 1170. The quantitative estimate of drug-likeness (QED) is 0.394. The van der Waals surface area contributed by atoms with Gasteiger partial charge in [-0.25, -0.2) is 5.43 Å². The summed E-state index contributed by atoms with van der Waals surface area (Å²) in [6, 6.07) is 12.0. The molecule has 0 aliphatic carbocycles. The maximum absolute atomic E-state index is 12.3. The van der Waals surface area contributed by atoms with Crippen molar-refractivity contribution < 1.29 is 23.5 Å². The highest BCUT2D eigenvalue weighted by Crippen LogP contribution is 2.26. The minimum Gasteiger partial charge on any atom is -0.483 e. The van der Waals surface area contributed by atoms with Gasteiger partial charge in [0.15, 0.2) is 12.4 Å². The summed E-state index contributed by atoms with van der Waals surface area (Å²) in [5.74, 6) is 0.110. The first-order chi connectivity index (χ1) is 15.5. The van der Waals surface area contributed by atoms with E-state index in [0.29, 0.717) is 47.1 Å². The summed E-state index contributed by atoms with van der Waals surface area (Å²) in [7, 11) is 0. The minimum absolute atomic E-state index is 0.0508. The number of nitrogens with zero attached hydrogens (tertiary/aromatic N) is 2. The number of benzene rings is 2. The van der Waals surface area contributed by atoms with Gasteiger partial charge in [-0.05, 0) is 64.0 Å². The van der Waals surface area contributed by atoms with Crippen LogP contribution in [0.25, 0.3) is 11.0 Å². The fourth-order valence-corrected chi connectivity index (χ4v) is 3.80. The molecule has 1 fully saturated rings. The molecule has 0 atom stereocenters. The molecule has 0 unspecified atom stereocenters. The van der Waals surface area contributed by atoms with Crippen molar-refractivity contribution in [3.05, 3.63) is 63.3 Å². The number of hydrogen-bond acceptors (Lipinski definition) is 6. The topological polar surface area (TPSA) is 93.4 Å². The van der Waals surface area contributed by atoms with Crippen molar-refractivity contribution in [3.63, 3.8) is 0 Å². The van der Waals surface area contributed by atoms with Crippen LogP contribution in [0.15, 0.2) is 56.5 Å². The van der Waals surface area contributed by atoms with E-state index >= 15 is 0 Å². The molecule has 1 aliphatic rings. The first-order valence-electron chi connectivity index (χ1n) is 9.80. The number of nitrogens with one attached hydrogen (secondary N) is 1. The standard InChI is InChI=1S/C22H19BrClN3O5/c23-17-9-14(1-3-19(17)31-13-21(28)27-5-7-30-8-6-27)12-25-26-22(29)20-11-15-10-16(24)2-4-18(15)32-20/h1-4,9-12H,5-8,13H2,(H,26,29)/b25-12-. The molecule has 0 radical (unpaired) electrons. The van der Waals surface area contributed by atoms with Gasteiger partial charge in [0.2, 0.25) is 0 Å². The molecule has 3 aromatic rings. The van der Waals surface area contributed by atoms with Crippen molar-refractivity contribution in [2.45, 2.75) is 0 Å². The van der Waals surface area contributed by atoms with Crippen LogP contribution in [-0.2, 0) is 9.53 Å². The molecule has 2 aromatic carbocycles. The van der Waals surface area contributed by atoms with Gasteiger partial charge < -0.3 is 18.8 Å². The maximum Gasteiger partial charge on any atom is 0.307 e. The number of hydrogen-bond donors (Lipinski definition) is 1. The number of morpholine rings is 1. The Morgan fingerprint density at radius 3 is 2.78 bits per heavy atom. The maximum atomic E-state index is 12.3. The molecule has 10 heteroatoms. The Morgan fingerprint density at radius 1 is 1.19 bits per heavy atom. The lowest BCUT2D eigenvalue weighted by molar-refractivity contribution is -0.137. The van der Waals surface area contributed by atoms with Crippen LogP contribution >= 0.6 is 27.5 Å². The molecule has 1 saturated heterocycles. The van der Waals surface area contributed by atoms with E-state index in [9.17, 15) is 9.59 Å². The van der Waals surface area contributed by atoms with Gasteiger partial charge in [0.25, 0.3) is 5.91 Å². The van der Waals surface area contributed by atoms with E-state index in [4.69, 9.17) is 25.5 Å². The number of furan rings is 1. The monoisotopic (exact) mass is 519 g/mol. The van der Waals surface area contributed by atoms with Crippen LogP contribution in [0.1, 0.15) is 16.1 Å². The SMILES string of the molecule is O=C(N/N=C\c1ccc(OCC(=O)N2CCOCC2)c(Br)c1)c1cc2cc(Cl)ccc2o1. The molecule has 2 amide bonds. The van der Waals surface area contributed by atoms with Crippen molar-refractivity contribution >= 4 is 56.5 Å². The van der Waals surface area contributed by atoms with Gasteiger partial charge in [0, 0.05) is 23.5 Å². The van der Waals surface area contributed by atoms with E-state index in [1.165, 1.54) is 6.21 Å². The van der Waals surface area contributed by atoms with Gasteiger partial charge in [-0.15, -0.1) is 0 Å². The Balaban J connectivity index is 1.32. The number of amides is 2. The number of carbonyl (C=O) groups excluding carboxylic acids is 2. The predicted molar refractivity (Wildman–Crippen MR) is 123 cm³/mol. The summed E-state index contributed by atoms with van der Waals surface area (Å²) in [5.41, 5.74) is 3.72. The van der Waals surface area contributed by atoms with Crippen LogP contribution in [0.5, 0.6) is 5.75 Å². The number of fused-ring (bicyclic) bond motifs is 1. The van der Waals surface area contributed by atoms with Crippen LogP contribution in [0, 0.1) is 0 Å². The molecular formula is C22H19BrClN3O5. The van der Waals surface area contributed by atoms with E-state index in [-0.39, 0.29) is 18.3 Å². The zero-order chi connectivity index (χ0) is 22.5. The predicted octanol–water partition coefficient (Wildman–Crippen LogP) is 3.85. The molecular weight excluding hydrogens is 502 g/mol. The van der Waals surface area contributed by atoms with Gasteiger partial charge in [-0.2, -0.15) is 5.10 Å². The summed E-state index contributed by atoms with van der Waals surface area (Å²) in [5, 5.41) is 5.26. The molecule has 0 saturated carbocycles. The van der Waals surface area contributed by atoms with Crippen molar-refractivity contribution in [1.82, 2.24) is 10.3 Å². The minimum atomic E-state index is -0.478. The Hall–Kier alpha value is -2.88. The average Bonchev–Trinajstić information content (AvgIpc) is 3.22. The number of carbonyl (C=O) groups is 2. The molecule has 1 N–H and O–H groups in total. The first kappa shape index (κ1) is 22.3. The van der Waals surface area contributed by atoms with E-state index in [1.807, 2.05) is 0 Å². The number of halogens is 2. The lowest BCUT2D eigenvalue weighted by atomic mass is 10.2. The van der Waals surface area contributed by atoms with Gasteiger partial charge in [-0.3, -0.25) is 9.59 Å². The average molecular weight is 521 g/mol. The summed E-state index contributed by atoms with van der Waals surface area (Å²) < 4.78 is 17.0. The normalized spacial score (nSPS) is 14.1. The molecule has 2 heterocycles. The number of rotatable bonds is 6. The third-order valence-electron chi connectivity index (χ3n) is 4.75. The van der Waals surface area contributed by atoms with E-state index in [2.05, 4.69) is 26.5 Å². The van der Waals surface area contributed by atoms with E-state index in [0.717, 1.165) is 10.9 Å². The van der Waals surface area contributed by atoms with Gasteiger partial charge in [0.1, 0.15) is 11.3 Å². The van der Waals surface area contributed by atoms with Crippen molar-refractivity contribution in [2.24, 2.45) is 5.10 Å². The molecule has 32 heavy (non-hydrogen) atoms. The van der Waals surface area contributed by atoms with Gasteiger partial charge >= 0.3 is 5.91 Å². The molecule has 1 aliphatic heterocycles. The second-order valence-electron chi connectivity index (χ2n) is 6.96. The van der Waals surface area contributed by atoms with Crippen molar-refractivity contribution in [2.75, 3.05) is 32.9 Å². The lowest BCUT2D eigenvalue weighted by Gasteiger charge is -2.26. The molecule has 4 rings (SSSR count). The van der Waals surface area contributed by atoms with Crippen LogP contribution < -0.4 is 10.2 Å². The smallest absolute Gasteiger partial charge is 0.307 e. The lowest BCUT2D eigenvalue weighted by Crippen LogP contribution is -2.43. The van der Waals surface area contributed by atoms with Crippen molar-refractivity contribution in [3.8, 4) is 5.75 Å². The van der Waals surface area contributed by atoms with Crippen LogP contribution in [0.4, 0.5) is 0 Å². The van der Waals surface area contributed by atoms with Crippen molar-refractivity contribution in [1.29, 1.82) is 0 Å². The highest BCUT2D eigenvalue weighted by molar-refractivity contribution is 9.10. The van der Waals surface area contributed by atoms with Crippen LogP contribution in [0.2, 0.25) is 5.02 Å². The zero-order valence-corrected chi connectivity index (χ0v) is 19.2. The Kier molecular flexibility index (Phi) is 7.09. The Morgan fingerprint density at radius 2 is 2.00 bits per heavy atom. The molecule has 8 nitrogen and oxygen atoms in total. The second-order valence-corrected chi connectivity index (χ2v) is 8.25. The Labute approximate surface area is 197 Å². The van der Waals surface area contributed by atoms with E-state index in [1.54, 1.807) is 47.4 Å². The summed E-state index contributed by atoms with van der Waals surface area (Å²) in [4.78, 5) is 26.2. The largest absolute Gasteiger partial charge is 0.483 e. The van der Waals surface area contributed by atoms with Crippen LogP contribution in [-0.4, -0.2) is 55.8 Å². The fourth-order valence-electron chi connectivity index (χ4n) is 3.10. The first-order valence-corrected chi connectivity index (χ1v) is 11.0. The highest BCUT2D eigenvalue weighted by Gasteiger charge is 2.17. The summed E-state index contributed by atoms with van der Waals surface area (Å²) in [6.45, 7) is 2.19. The highest BCUT2D eigenvalue weighted by atomic mass is 79.9. The molecule has 0 bridgehead atoms. The fraction of sp³-hybridized carbons (Fsp3) is 0.227. The second kappa shape index (κ2) is 10.2. The van der Waals surface area contributed by atoms with Crippen LogP contribution in [0.3, 0.4) is 0 Å². The van der Waals surface area contributed by atoms with Gasteiger partial charge in [0.05, 0.1) is 23.9 Å². The zero-order valence-electron chi connectivity index (χ0n) is 16.8. The molecule has 166 valence electrons. The molecule has 0 spiro atoms. The van der Waals surface area contributed by atoms with E-state index < -0.39 is 5.91 Å².